The number of benzene rings is 1. The Bertz CT molecular complexity index is 984. The quantitative estimate of drug-likeness (QED) is 0.654. The van der Waals surface area contributed by atoms with Gasteiger partial charge in [-0.25, -0.2) is 13.4 Å². The zero-order valence-electron chi connectivity index (χ0n) is 18.4. The van der Waals surface area contributed by atoms with Crippen LogP contribution in [0.25, 0.3) is 0 Å². The smallest absolute Gasteiger partial charge is 0.256 e. The van der Waals surface area contributed by atoms with Gasteiger partial charge in [0.1, 0.15) is 0 Å². The Hall–Kier alpha value is -2.45. The SMILES string of the molecule is CC(C)N(C)S(=O)(=O)c1ccc(C(=O)Nc2ncccc2OCC2CCCCC2)cc1. The van der Waals surface area contributed by atoms with Gasteiger partial charge in [0, 0.05) is 24.8 Å². The third kappa shape index (κ3) is 5.83. The lowest BCUT2D eigenvalue weighted by Crippen LogP contribution is -2.33. The van der Waals surface area contributed by atoms with Gasteiger partial charge in [0.15, 0.2) is 11.6 Å². The van der Waals surface area contributed by atoms with Crippen LogP contribution in [0.4, 0.5) is 5.82 Å². The zero-order chi connectivity index (χ0) is 22.4. The summed E-state index contributed by atoms with van der Waals surface area (Å²) in [6, 6.07) is 9.30. The summed E-state index contributed by atoms with van der Waals surface area (Å²) >= 11 is 0. The average molecular weight is 446 g/mol. The van der Waals surface area contributed by atoms with Crippen molar-refractivity contribution in [2.45, 2.75) is 56.9 Å². The van der Waals surface area contributed by atoms with Crippen LogP contribution in [0, 0.1) is 5.92 Å². The Labute approximate surface area is 184 Å². The van der Waals surface area contributed by atoms with Gasteiger partial charge in [-0.05, 0) is 69.0 Å². The highest BCUT2D eigenvalue weighted by molar-refractivity contribution is 7.89. The van der Waals surface area contributed by atoms with E-state index < -0.39 is 10.0 Å². The van der Waals surface area contributed by atoms with Gasteiger partial charge in [0.05, 0.1) is 11.5 Å². The number of hydrogen-bond acceptors (Lipinski definition) is 5. The molecule has 1 N–H and O–H groups in total. The number of aromatic nitrogens is 1. The molecule has 0 radical (unpaired) electrons. The Morgan fingerprint density at radius 3 is 2.48 bits per heavy atom. The second-order valence-corrected chi connectivity index (χ2v) is 10.3. The topological polar surface area (TPSA) is 88.6 Å². The second-order valence-electron chi connectivity index (χ2n) is 8.26. The number of carbonyl (C=O) groups is 1. The first-order chi connectivity index (χ1) is 14.8. The summed E-state index contributed by atoms with van der Waals surface area (Å²) in [5.74, 6) is 1.07. The molecular formula is C23H31N3O4S. The maximum Gasteiger partial charge on any atom is 0.256 e. The number of carbonyl (C=O) groups excluding carboxylic acids is 1. The normalized spacial score (nSPS) is 15.3. The van der Waals surface area contributed by atoms with Crippen LogP contribution in [0.3, 0.4) is 0 Å². The molecule has 168 valence electrons. The lowest BCUT2D eigenvalue weighted by molar-refractivity contribution is 0.102. The maximum atomic E-state index is 12.7. The molecule has 1 aliphatic carbocycles. The Balaban J connectivity index is 1.68. The first kappa shape index (κ1) is 23.2. The van der Waals surface area contributed by atoms with E-state index in [1.54, 1.807) is 32.2 Å². The molecule has 0 atom stereocenters. The van der Waals surface area contributed by atoms with Crippen LogP contribution >= 0.6 is 0 Å². The third-order valence-electron chi connectivity index (χ3n) is 5.72. The summed E-state index contributed by atoms with van der Waals surface area (Å²) < 4.78 is 32.4. The summed E-state index contributed by atoms with van der Waals surface area (Å²) in [5, 5.41) is 2.78. The number of anilines is 1. The zero-order valence-corrected chi connectivity index (χ0v) is 19.2. The number of nitrogens with one attached hydrogen (secondary N) is 1. The first-order valence-corrected chi connectivity index (χ1v) is 12.2. The molecule has 1 aliphatic rings. The summed E-state index contributed by atoms with van der Waals surface area (Å²) in [6.45, 7) is 4.23. The highest BCUT2D eigenvalue weighted by Gasteiger charge is 2.23. The standard InChI is InChI=1S/C23H31N3O4S/c1-17(2)26(3)31(28,29)20-13-11-19(12-14-20)23(27)25-22-21(10-7-15-24-22)30-16-18-8-5-4-6-9-18/h7,10-15,17-18H,4-6,8-9,16H2,1-3H3,(H,24,25,27). The van der Waals surface area contributed by atoms with Gasteiger partial charge in [-0.1, -0.05) is 19.3 Å². The van der Waals surface area contributed by atoms with Gasteiger partial charge < -0.3 is 10.1 Å². The van der Waals surface area contributed by atoms with Crippen LogP contribution in [-0.4, -0.2) is 43.3 Å². The molecule has 1 saturated carbocycles. The Kier molecular flexibility index (Phi) is 7.67. The van der Waals surface area contributed by atoms with Crippen LogP contribution in [0.2, 0.25) is 0 Å². The summed E-state index contributed by atoms with van der Waals surface area (Å²) in [5.41, 5.74) is 0.343. The number of hydrogen-bond donors (Lipinski definition) is 1. The third-order valence-corrected chi connectivity index (χ3v) is 7.77. The molecule has 3 rings (SSSR count). The van der Waals surface area contributed by atoms with Crippen LogP contribution in [0.5, 0.6) is 5.75 Å². The van der Waals surface area contributed by atoms with E-state index in [0.29, 0.717) is 29.7 Å². The largest absolute Gasteiger partial charge is 0.489 e. The van der Waals surface area contributed by atoms with Gasteiger partial charge in [-0.2, -0.15) is 4.31 Å². The molecule has 1 heterocycles. The fourth-order valence-corrected chi connectivity index (χ4v) is 4.93. The number of amides is 1. The van der Waals surface area contributed by atoms with E-state index in [-0.39, 0.29) is 16.8 Å². The van der Waals surface area contributed by atoms with Gasteiger partial charge in [0.2, 0.25) is 10.0 Å². The molecule has 0 unspecified atom stereocenters. The van der Waals surface area contributed by atoms with Crippen molar-refractivity contribution < 1.29 is 17.9 Å². The van der Waals surface area contributed by atoms with Crippen LogP contribution in [-0.2, 0) is 10.0 Å². The molecule has 7 nitrogen and oxygen atoms in total. The van der Waals surface area contributed by atoms with Crippen molar-refractivity contribution >= 4 is 21.7 Å². The van der Waals surface area contributed by atoms with Crippen molar-refractivity contribution in [1.29, 1.82) is 0 Å². The van der Waals surface area contributed by atoms with Crippen molar-refractivity contribution in [3.8, 4) is 5.75 Å². The molecule has 0 aliphatic heterocycles. The monoisotopic (exact) mass is 445 g/mol. The number of nitrogens with zero attached hydrogens (tertiary/aromatic N) is 2. The molecular weight excluding hydrogens is 414 g/mol. The van der Waals surface area contributed by atoms with Crippen LogP contribution < -0.4 is 10.1 Å². The molecule has 1 amide bonds. The van der Waals surface area contributed by atoms with Gasteiger partial charge >= 0.3 is 0 Å². The van der Waals surface area contributed by atoms with Crippen LogP contribution in [0.15, 0.2) is 47.5 Å². The van der Waals surface area contributed by atoms with Gasteiger partial charge in [-0.3, -0.25) is 4.79 Å². The molecule has 1 fully saturated rings. The number of rotatable bonds is 8. The van der Waals surface area contributed by atoms with Crippen LogP contribution in [0.1, 0.15) is 56.3 Å². The molecule has 1 aromatic heterocycles. The van der Waals surface area contributed by atoms with Crippen molar-refractivity contribution in [2.75, 3.05) is 19.0 Å². The van der Waals surface area contributed by atoms with Gasteiger partial charge in [0.25, 0.3) is 5.91 Å². The Morgan fingerprint density at radius 1 is 1.16 bits per heavy atom. The number of sulfonamides is 1. The fraction of sp³-hybridized carbons (Fsp3) is 0.478. The van der Waals surface area contributed by atoms with E-state index in [1.165, 1.54) is 67.7 Å². The predicted octanol–water partition coefficient (Wildman–Crippen LogP) is 4.32. The van der Waals surface area contributed by atoms with Crippen molar-refractivity contribution in [1.82, 2.24) is 9.29 Å². The molecule has 0 spiro atoms. The molecule has 8 heteroatoms. The molecule has 31 heavy (non-hydrogen) atoms. The minimum atomic E-state index is -3.60. The second kappa shape index (κ2) is 10.2. The summed E-state index contributed by atoms with van der Waals surface area (Å²) in [7, 11) is -2.06. The number of ether oxygens (including phenoxy) is 1. The first-order valence-electron chi connectivity index (χ1n) is 10.8. The molecule has 0 saturated heterocycles. The van der Waals surface area contributed by atoms with E-state index in [1.807, 2.05) is 0 Å². The van der Waals surface area contributed by atoms with E-state index in [4.69, 9.17) is 4.74 Å². The van der Waals surface area contributed by atoms with Crippen molar-refractivity contribution in [3.63, 3.8) is 0 Å². The Morgan fingerprint density at radius 2 is 1.84 bits per heavy atom. The van der Waals surface area contributed by atoms with Gasteiger partial charge in [-0.15, -0.1) is 0 Å². The minimum Gasteiger partial charge on any atom is -0.489 e. The lowest BCUT2D eigenvalue weighted by Gasteiger charge is -2.22. The van der Waals surface area contributed by atoms with E-state index in [2.05, 4.69) is 10.3 Å². The van der Waals surface area contributed by atoms with E-state index in [0.717, 1.165) is 0 Å². The molecule has 2 aromatic rings. The summed E-state index contributed by atoms with van der Waals surface area (Å²) in [4.78, 5) is 17.1. The summed E-state index contributed by atoms with van der Waals surface area (Å²) in [6.07, 6.45) is 7.71. The van der Waals surface area contributed by atoms with E-state index in [9.17, 15) is 13.2 Å². The molecule has 1 aromatic carbocycles. The highest BCUT2D eigenvalue weighted by atomic mass is 32.2. The van der Waals surface area contributed by atoms with E-state index >= 15 is 0 Å². The van der Waals surface area contributed by atoms with Crippen molar-refractivity contribution in [3.05, 3.63) is 48.2 Å². The lowest BCUT2D eigenvalue weighted by atomic mass is 9.90. The average Bonchev–Trinajstić information content (AvgIpc) is 2.78. The predicted molar refractivity (Wildman–Crippen MR) is 121 cm³/mol. The number of pyridine rings is 1. The maximum absolute atomic E-state index is 12.7. The highest BCUT2D eigenvalue weighted by Crippen LogP contribution is 2.27. The fourth-order valence-electron chi connectivity index (χ4n) is 3.56. The van der Waals surface area contributed by atoms with Crippen molar-refractivity contribution in [2.24, 2.45) is 5.92 Å². The molecule has 0 bridgehead atoms. The minimum absolute atomic E-state index is 0.148.